The second kappa shape index (κ2) is 6.35. The Hall–Kier alpha value is -1.09. The lowest BCUT2D eigenvalue weighted by Crippen LogP contribution is -2.64. The van der Waals surface area contributed by atoms with E-state index in [1.807, 2.05) is 13.8 Å². The molecule has 120 valence electrons. The van der Waals surface area contributed by atoms with E-state index in [0.29, 0.717) is 11.5 Å². The zero-order chi connectivity index (χ0) is 16.4. The van der Waals surface area contributed by atoms with Gasteiger partial charge in [0.2, 0.25) is 0 Å². The molecule has 0 saturated heterocycles. The lowest BCUT2D eigenvalue weighted by Gasteiger charge is -2.58. The van der Waals surface area contributed by atoms with Crippen molar-refractivity contribution in [1.29, 1.82) is 0 Å². The third kappa shape index (κ3) is 2.80. The van der Waals surface area contributed by atoms with Gasteiger partial charge < -0.3 is 10.8 Å². The van der Waals surface area contributed by atoms with E-state index in [-0.39, 0.29) is 16.9 Å². The van der Waals surface area contributed by atoms with Crippen LogP contribution in [0.2, 0.25) is 0 Å². The van der Waals surface area contributed by atoms with Crippen molar-refractivity contribution in [1.82, 2.24) is 0 Å². The highest BCUT2D eigenvalue weighted by molar-refractivity contribution is 5.86. The standard InChI is InChI=1S/C16H25NO2.C2H6/c1-10-7-8-16(17)11(2)5-6-13(12(3)14(18)19)15(16,4)9-10;1-2/h9,11,13H,3,5-8,17H2,1-2,4H3,(H,18,19);1-2H3/t11-,13?,15-,16-;/m1./s1. The molecule has 0 aromatic carbocycles. The molecule has 0 amide bonds. The van der Waals surface area contributed by atoms with Gasteiger partial charge in [0.25, 0.3) is 0 Å². The Kier molecular flexibility index (Phi) is 5.43. The zero-order valence-corrected chi connectivity index (χ0v) is 14.2. The molecule has 4 atom stereocenters. The monoisotopic (exact) mass is 293 g/mol. The predicted octanol–water partition coefficient (Wildman–Crippen LogP) is 4.14. The van der Waals surface area contributed by atoms with E-state index < -0.39 is 5.97 Å². The molecule has 21 heavy (non-hydrogen) atoms. The molecule has 2 rings (SSSR count). The maximum absolute atomic E-state index is 11.3. The van der Waals surface area contributed by atoms with Crippen molar-refractivity contribution >= 4 is 5.97 Å². The van der Waals surface area contributed by atoms with Crippen molar-refractivity contribution in [3.05, 3.63) is 23.8 Å². The van der Waals surface area contributed by atoms with Crippen LogP contribution in [-0.4, -0.2) is 16.6 Å². The topological polar surface area (TPSA) is 63.3 Å². The SMILES string of the molecule is C=C(C(=O)O)C1CC[C@@H](C)[C@]2(N)CCC(C)=C[C@]12C.CC. The molecule has 1 fully saturated rings. The number of aliphatic carboxylic acids is 1. The first-order valence-corrected chi connectivity index (χ1v) is 8.11. The number of rotatable bonds is 2. The fourth-order valence-electron chi connectivity index (χ4n) is 4.25. The predicted molar refractivity (Wildman–Crippen MR) is 88.0 cm³/mol. The van der Waals surface area contributed by atoms with Gasteiger partial charge in [0.1, 0.15) is 0 Å². The number of fused-ring (bicyclic) bond motifs is 1. The molecule has 3 N–H and O–H groups in total. The van der Waals surface area contributed by atoms with Crippen LogP contribution in [0.5, 0.6) is 0 Å². The minimum Gasteiger partial charge on any atom is -0.478 e. The van der Waals surface area contributed by atoms with Crippen LogP contribution >= 0.6 is 0 Å². The number of carbonyl (C=O) groups is 1. The van der Waals surface area contributed by atoms with Crippen molar-refractivity contribution < 1.29 is 9.90 Å². The molecular weight excluding hydrogens is 262 g/mol. The first-order valence-electron chi connectivity index (χ1n) is 8.11. The van der Waals surface area contributed by atoms with E-state index in [4.69, 9.17) is 5.73 Å². The van der Waals surface area contributed by atoms with Crippen LogP contribution in [0.4, 0.5) is 0 Å². The van der Waals surface area contributed by atoms with Crippen LogP contribution < -0.4 is 5.73 Å². The molecular formula is C18H31NO2. The van der Waals surface area contributed by atoms with Gasteiger partial charge in [-0.2, -0.15) is 0 Å². The molecule has 0 heterocycles. The Labute approximate surface area is 129 Å². The first kappa shape index (κ1) is 18.0. The summed E-state index contributed by atoms with van der Waals surface area (Å²) in [5, 5.41) is 9.29. The van der Waals surface area contributed by atoms with Crippen molar-refractivity contribution in [3.63, 3.8) is 0 Å². The molecule has 3 nitrogen and oxygen atoms in total. The number of carboxylic acid groups (broad SMARTS) is 1. The van der Waals surface area contributed by atoms with Gasteiger partial charge in [-0.1, -0.05) is 45.9 Å². The molecule has 0 bridgehead atoms. The minimum absolute atomic E-state index is 0.0542. The largest absolute Gasteiger partial charge is 0.478 e. The number of hydrogen-bond acceptors (Lipinski definition) is 2. The summed E-state index contributed by atoms with van der Waals surface area (Å²) in [5.74, 6) is -0.527. The van der Waals surface area contributed by atoms with Crippen LogP contribution in [0.3, 0.4) is 0 Å². The summed E-state index contributed by atoms with van der Waals surface area (Å²) in [7, 11) is 0. The average Bonchev–Trinajstić information content (AvgIpc) is 2.44. The molecule has 0 radical (unpaired) electrons. The summed E-state index contributed by atoms with van der Waals surface area (Å²) in [6.07, 6.45) is 6.03. The van der Waals surface area contributed by atoms with Crippen LogP contribution in [0.1, 0.15) is 60.3 Å². The van der Waals surface area contributed by atoms with Gasteiger partial charge in [0.15, 0.2) is 0 Å². The maximum atomic E-state index is 11.3. The normalized spacial score (nSPS) is 38.5. The summed E-state index contributed by atoms with van der Waals surface area (Å²) in [4.78, 5) is 11.3. The Morgan fingerprint density at radius 1 is 1.43 bits per heavy atom. The fourth-order valence-corrected chi connectivity index (χ4v) is 4.25. The van der Waals surface area contributed by atoms with E-state index >= 15 is 0 Å². The minimum atomic E-state index is -0.889. The highest BCUT2D eigenvalue weighted by Gasteiger charge is 2.56. The second-order valence-corrected chi connectivity index (χ2v) is 6.68. The molecule has 2 aliphatic rings. The molecule has 1 unspecified atom stereocenters. The van der Waals surface area contributed by atoms with Gasteiger partial charge in [-0.15, -0.1) is 0 Å². The molecule has 0 aliphatic heterocycles. The molecule has 0 aromatic rings. The Morgan fingerprint density at radius 2 is 2.00 bits per heavy atom. The van der Waals surface area contributed by atoms with Gasteiger partial charge >= 0.3 is 5.97 Å². The van der Waals surface area contributed by atoms with Gasteiger partial charge in [-0.05, 0) is 38.5 Å². The van der Waals surface area contributed by atoms with Gasteiger partial charge in [-0.25, -0.2) is 4.79 Å². The van der Waals surface area contributed by atoms with Gasteiger partial charge in [0, 0.05) is 22.4 Å². The van der Waals surface area contributed by atoms with E-state index in [0.717, 1.165) is 25.7 Å². The zero-order valence-electron chi connectivity index (χ0n) is 14.2. The van der Waals surface area contributed by atoms with E-state index in [2.05, 4.69) is 33.4 Å². The quantitative estimate of drug-likeness (QED) is 0.594. The lowest BCUT2D eigenvalue weighted by atomic mass is 9.48. The summed E-state index contributed by atoms with van der Waals surface area (Å²) in [5.41, 5.74) is 7.79. The van der Waals surface area contributed by atoms with Crippen molar-refractivity contribution in [2.75, 3.05) is 0 Å². The molecule has 3 heteroatoms. The molecule has 0 spiro atoms. The second-order valence-electron chi connectivity index (χ2n) is 6.68. The Morgan fingerprint density at radius 3 is 2.52 bits per heavy atom. The number of allylic oxidation sites excluding steroid dienone is 1. The van der Waals surface area contributed by atoms with Crippen LogP contribution in [0.25, 0.3) is 0 Å². The smallest absolute Gasteiger partial charge is 0.331 e. The van der Waals surface area contributed by atoms with E-state index in [9.17, 15) is 9.90 Å². The first-order chi connectivity index (χ1) is 9.72. The van der Waals surface area contributed by atoms with Crippen LogP contribution in [-0.2, 0) is 4.79 Å². The summed E-state index contributed by atoms with van der Waals surface area (Å²) in [6.45, 7) is 14.3. The van der Waals surface area contributed by atoms with E-state index in [1.54, 1.807) is 0 Å². The summed E-state index contributed by atoms with van der Waals surface area (Å²) >= 11 is 0. The van der Waals surface area contributed by atoms with Crippen LogP contribution in [0.15, 0.2) is 23.8 Å². The third-order valence-electron chi connectivity index (χ3n) is 5.67. The number of nitrogens with two attached hydrogens (primary N) is 1. The Balaban J connectivity index is 0.00000106. The molecule has 0 aromatic heterocycles. The van der Waals surface area contributed by atoms with Crippen molar-refractivity contribution in [2.24, 2.45) is 23.0 Å². The van der Waals surface area contributed by atoms with E-state index in [1.165, 1.54) is 5.57 Å². The van der Waals surface area contributed by atoms with Gasteiger partial charge in [-0.3, -0.25) is 0 Å². The summed E-state index contributed by atoms with van der Waals surface area (Å²) < 4.78 is 0. The Bertz CT molecular complexity index is 454. The summed E-state index contributed by atoms with van der Waals surface area (Å²) in [6, 6.07) is 0. The lowest BCUT2D eigenvalue weighted by molar-refractivity contribution is -0.134. The third-order valence-corrected chi connectivity index (χ3v) is 5.67. The van der Waals surface area contributed by atoms with Crippen molar-refractivity contribution in [2.45, 2.75) is 65.8 Å². The number of hydrogen-bond donors (Lipinski definition) is 2. The molecule has 2 aliphatic carbocycles. The molecule has 1 saturated carbocycles. The fraction of sp³-hybridized carbons (Fsp3) is 0.722. The average molecular weight is 293 g/mol. The van der Waals surface area contributed by atoms with Crippen LogP contribution in [0, 0.1) is 17.3 Å². The number of carboxylic acids is 1. The van der Waals surface area contributed by atoms with Gasteiger partial charge in [0.05, 0.1) is 0 Å². The highest BCUT2D eigenvalue weighted by Crippen LogP contribution is 2.57. The van der Waals surface area contributed by atoms with Crippen molar-refractivity contribution in [3.8, 4) is 0 Å². The highest BCUT2D eigenvalue weighted by atomic mass is 16.4. The maximum Gasteiger partial charge on any atom is 0.331 e.